The molecule has 0 bridgehead atoms. The highest BCUT2D eigenvalue weighted by atomic mass is 15.2. The summed E-state index contributed by atoms with van der Waals surface area (Å²) in [5.74, 6) is 1.54. The number of hydrogen-bond donors (Lipinski definition) is 1. The number of rotatable bonds is 8. The Hall–Kier alpha value is -0.0800. The van der Waals surface area contributed by atoms with E-state index in [2.05, 4.69) is 37.9 Å². The van der Waals surface area contributed by atoms with Crippen LogP contribution in [-0.2, 0) is 0 Å². The molecule has 2 rings (SSSR count). The summed E-state index contributed by atoms with van der Waals surface area (Å²) in [7, 11) is 0. The van der Waals surface area contributed by atoms with Gasteiger partial charge in [-0.2, -0.15) is 0 Å². The van der Waals surface area contributed by atoms with Crippen LogP contribution in [-0.4, -0.2) is 36.1 Å². The van der Waals surface area contributed by atoms with Gasteiger partial charge in [0.25, 0.3) is 0 Å². The molecule has 0 saturated heterocycles. The molecular weight excluding hydrogens is 232 g/mol. The summed E-state index contributed by atoms with van der Waals surface area (Å²) >= 11 is 0. The molecule has 2 nitrogen and oxygen atoms in total. The van der Waals surface area contributed by atoms with Gasteiger partial charge >= 0.3 is 0 Å². The summed E-state index contributed by atoms with van der Waals surface area (Å²) in [6, 6.07) is 2.42. The molecule has 0 amide bonds. The van der Waals surface area contributed by atoms with Crippen molar-refractivity contribution in [2.45, 2.75) is 84.3 Å². The Morgan fingerprint density at radius 3 is 2.11 bits per heavy atom. The maximum absolute atomic E-state index is 3.77. The van der Waals surface area contributed by atoms with Gasteiger partial charge in [0, 0.05) is 31.2 Å². The van der Waals surface area contributed by atoms with Gasteiger partial charge < -0.3 is 5.32 Å². The minimum absolute atomic E-state index is 0.728. The summed E-state index contributed by atoms with van der Waals surface area (Å²) in [4.78, 5) is 2.86. The van der Waals surface area contributed by atoms with E-state index in [9.17, 15) is 0 Å². The highest BCUT2D eigenvalue weighted by molar-refractivity contribution is 4.89. The quantitative estimate of drug-likeness (QED) is 0.721. The monoisotopic (exact) mass is 266 g/mol. The van der Waals surface area contributed by atoms with Crippen LogP contribution in [0.3, 0.4) is 0 Å². The normalized spacial score (nSPS) is 22.9. The molecule has 0 aromatic carbocycles. The molecule has 0 heterocycles. The van der Waals surface area contributed by atoms with Gasteiger partial charge in [-0.05, 0) is 37.5 Å². The molecule has 19 heavy (non-hydrogen) atoms. The second-order valence-corrected chi connectivity index (χ2v) is 7.52. The van der Waals surface area contributed by atoms with Crippen LogP contribution in [0.5, 0.6) is 0 Å². The predicted octanol–water partition coefficient (Wildman–Crippen LogP) is 3.66. The third-order valence-corrected chi connectivity index (χ3v) is 4.76. The lowest BCUT2D eigenvalue weighted by atomic mass is 9.98. The van der Waals surface area contributed by atoms with E-state index in [4.69, 9.17) is 0 Å². The molecule has 2 aliphatic rings. The Balaban J connectivity index is 1.97. The summed E-state index contributed by atoms with van der Waals surface area (Å²) in [5, 5.41) is 3.77. The van der Waals surface area contributed by atoms with Gasteiger partial charge in [0.1, 0.15) is 0 Å². The number of nitrogens with zero attached hydrogens (tertiary/aromatic N) is 1. The van der Waals surface area contributed by atoms with Crippen molar-refractivity contribution >= 4 is 0 Å². The molecule has 2 heteroatoms. The molecule has 0 spiro atoms. The van der Waals surface area contributed by atoms with Gasteiger partial charge in [0.2, 0.25) is 0 Å². The van der Waals surface area contributed by atoms with Crippen LogP contribution in [0.25, 0.3) is 0 Å². The van der Waals surface area contributed by atoms with Crippen molar-refractivity contribution in [1.29, 1.82) is 0 Å². The van der Waals surface area contributed by atoms with Crippen molar-refractivity contribution in [1.82, 2.24) is 10.2 Å². The third kappa shape index (κ3) is 4.75. The second-order valence-electron chi connectivity index (χ2n) is 7.52. The zero-order valence-electron chi connectivity index (χ0n) is 13.5. The fraction of sp³-hybridized carbons (Fsp3) is 1.00. The lowest BCUT2D eigenvalue weighted by Gasteiger charge is -2.40. The Kier molecular flexibility index (Phi) is 5.70. The molecule has 112 valence electrons. The van der Waals surface area contributed by atoms with Crippen LogP contribution in [0, 0.1) is 11.8 Å². The first-order chi connectivity index (χ1) is 9.08. The lowest BCUT2D eigenvalue weighted by Crippen LogP contribution is -2.51. The maximum Gasteiger partial charge on any atom is 0.0246 e. The van der Waals surface area contributed by atoms with E-state index in [0.717, 1.165) is 30.0 Å². The summed E-state index contributed by atoms with van der Waals surface area (Å²) in [6.07, 6.45) is 8.55. The molecule has 2 saturated carbocycles. The molecule has 1 atom stereocenters. The summed E-state index contributed by atoms with van der Waals surface area (Å²) < 4.78 is 0. The van der Waals surface area contributed by atoms with Crippen LogP contribution < -0.4 is 5.32 Å². The zero-order valence-corrected chi connectivity index (χ0v) is 13.5. The van der Waals surface area contributed by atoms with Crippen molar-refractivity contribution in [3.05, 3.63) is 0 Å². The Bertz CT molecular complexity index is 252. The van der Waals surface area contributed by atoms with E-state index < -0.39 is 0 Å². The van der Waals surface area contributed by atoms with Gasteiger partial charge in [-0.1, -0.05) is 40.5 Å². The molecule has 0 aliphatic heterocycles. The van der Waals surface area contributed by atoms with E-state index in [-0.39, 0.29) is 0 Å². The standard InChI is InChI=1S/C17H34N2/c1-13(2)12-19(16-7-5-6-8-16)17(14(3)4)11-18-15-9-10-15/h13-18H,5-12H2,1-4H3. The van der Waals surface area contributed by atoms with Crippen molar-refractivity contribution in [3.8, 4) is 0 Å². The van der Waals surface area contributed by atoms with Gasteiger partial charge in [0.15, 0.2) is 0 Å². The van der Waals surface area contributed by atoms with Crippen LogP contribution >= 0.6 is 0 Å². The highest BCUT2D eigenvalue weighted by Gasteiger charge is 2.32. The predicted molar refractivity (Wildman–Crippen MR) is 83.5 cm³/mol. The van der Waals surface area contributed by atoms with Crippen LogP contribution in [0.4, 0.5) is 0 Å². The van der Waals surface area contributed by atoms with Crippen molar-refractivity contribution in [2.75, 3.05) is 13.1 Å². The minimum atomic E-state index is 0.728. The van der Waals surface area contributed by atoms with Crippen molar-refractivity contribution < 1.29 is 0 Å². The molecule has 1 unspecified atom stereocenters. The third-order valence-electron chi connectivity index (χ3n) is 4.76. The largest absolute Gasteiger partial charge is 0.312 e. The molecule has 2 fully saturated rings. The maximum atomic E-state index is 3.77. The van der Waals surface area contributed by atoms with Gasteiger partial charge in [-0.3, -0.25) is 4.90 Å². The first kappa shape index (κ1) is 15.3. The van der Waals surface area contributed by atoms with Crippen molar-refractivity contribution in [2.24, 2.45) is 11.8 Å². The average molecular weight is 266 g/mol. The smallest absolute Gasteiger partial charge is 0.0246 e. The van der Waals surface area contributed by atoms with E-state index in [1.54, 1.807) is 0 Å². The second kappa shape index (κ2) is 7.08. The Morgan fingerprint density at radius 2 is 1.63 bits per heavy atom. The number of nitrogens with one attached hydrogen (secondary N) is 1. The van der Waals surface area contributed by atoms with E-state index in [1.165, 1.54) is 51.6 Å². The van der Waals surface area contributed by atoms with Crippen molar-refractivity contribution in [3.63, 3.8) is 0 Å². The van der Waals surface area contributed by atoms with Gasteiger partial charge in [-0.15, -0.1) is 0 Å². The van der Waals surface area contributed by atoms with E-state index >= 15 is 0 Å². The van der Waals surface area contributed by atoms with E-state index in [0.29, 0.717) is 0 Å². The lowest BCUT2D eigenvalue weighted by molar-refractivity contribution is 0.0874. The Labute approximate surface area is 120 Å². The van der Waals surface area contributed by atoms with Gasteiger partial charge in [0.05, 0.1) is 0 Å². The van der Waals surface area contributed by atoms with Crippen LogP contribution in [0.2, 0.25) is 0 Å². The molecule has 0 radical (unpaired) electrons. The highest BCUT2D eigenvalue weighted by Crippen LogP contribution is 2.28. The molecule has 2 aliphatic carbocycles. The summed E-state index contributed by atoms with van der Waals surface area (Å²) in [6.45, 7) is 12.0. The molecule has 0 aromatic heterocycles. The molecule has 0 aromatic rings. The topological polar surface area (TPSA) is 15.3 Å². The SMILES string of the molecule is CC(C)CN(C1CCCC1)C(CNC1CC1)C(C)C. The average Bonchev–Trinajstić information content (AvgIpc) is 3.00. The van der Waals surface area contributed by atoms with Crippen LogP contribution in [0.1, 0.15) is 66.2 Å². The summed E-state index contributed by atoms with van der Waals surface area (Å²) in [5.41, 5.74) is 0. The molecular formula is C17H34N2. The number of hydrogen-bond acceptors (Lipinski definition) is 2. The fourth-order valence-corrected chi connectivity index (χ4v) is 3.52. The minimum Gasteiger partial charge on any atom is -0.312 e. The Morgan fingerprint density at radius 1 is 1.00 bits per heavy atom. The zero-order chi connectivity index (χ0) is 13.8. The fourth-order valence-electron chi connectivity index (χ4n) is 3.52. The first-order valence-corrected chi connectivity index (χ1v) is 8.57. The van der Waals surface area contributed by atoms with E-state index in [1.807, 2.05) is 0 Å². The van der Waals surface area contributed by atoms with Gasteiger partial charge in [-0.25, -0.2) is 0 Å². The van der Waals surface area contributed by atoms with Crippen LogP contribution in [0.15, 0.2) is 0 Å². The first-order valence-electron chi connectivity index (χ1n) is 8.57. The molecule has 1 N–H and O–H groups in total.